The van der Waals surface area contributed by atoms with E-state index in [1.54, 1.807) is 27.4 Å². The fraction of sp³-hybridized carbons (Fsp3) is 0.571. The van der Waals surface area contributed by atoms with E-state index in [9.17, 15) is 0 Å². The molecule has 0 heterocycles. The maximum absolute atomic E-state index is 6.51. The topological polar surface area (TPSA) is 53.7 Å². The number of halogens is 1. The van der Waals surface area contributed by atoms with Gasteiger partial charge in [-0.2, -0.15) is 0 Å². The number of nitrogens with two attached hydrogens (primary N) is 1. The van der Waals surface area contributed by atoms with Crippen LogP contribution in [0.3, 0.4) is 0 Å². The van der Waals surface area contributed by atoms with Crippen LogP contribution in [0.4, 0.5) is 0 Å². The Bertz CT molecular complexity index is 470. The number of hydrogen-bond donors (Lipinski definition) is 1. The van der Waals surface area contributed by atoms with Crippen molar-refractivity contribution in [3.63, 3.8) is 0 Å². The third-order valence-electron chi connectivity index (χ3n) is 3.78. The molecule has 0 radical (unpaired) electrons. The van der Waals surface area contributed by atoms with E-state index in [0.29, 0.717) is 22.3 Å². The molecule has 2 N–H and O–H groups in total. The van der Waals surface area contributed by atoms with Gasteiger partial charge in [0.1, 0.15) is 0 Å². The van der Waals surface area contributed by atoms with Crippen molar-refractivity contribution in [2.45, 2.75) is 31.2 Å². The second-order valence-corrected chi connectivity index (χ2v) is 5.27. The highest BCUT2D eigenvalue weighted by atomic mass is 35.5. The molecular formula is C14H20ClNO3. The van der Waals surface area contributed by atoms with Gasteiger partial charge in [0.05, 0.1) is 26.4 Å². The highest BCUT2D eigenvalue weighted by Crippen LogP contribution is 2.51. The molecule has 1 aromatic carbocycles. The Labute approximate surface area is 118 Å². The molecule has 1 aromatic rings. The Balaban J connectivity index is 2.65. The van der Waals surface area contributed by atoms with Crippen molar-refractivity contribution in [1.29, 1.82) is 0 Å². The molecule has 0 bridgehead atoms. The summed E-state index contributed by atoms with van der Waals surface area (Å²) in [4.78, 5) is 0. The average molecular weight is 286 g/mol. The van der Waals surface area contributed by atoms with Crippen molar-refractivity contribution >= 4 is 11.6 Å². The lowest BCUT2D eigenvalue weighted by atomic mass is 9.88. The molecule has 0 atom stereocenters. The molecule has 1 aliphatic rings. The van der Waals surface area contributed by atoms with E-state index in [1.165, 1.54) is 0 Å². The average Bonchev–Trinajstić information content (AvgIpc) is 2.84. The van der Waals surface area contributed by atoms with E-state index >= 15 is 0 Å². The van der Waals surface area contributed by atoms with Crippen LogP contribution in [0.1, 0.15) is 31.2 Å². The normalized spacial score (nSPS) is 17.3. The molecular weight excluding hydrogens is 266 g/mol. The Morgan fingerprint density at radius 3 is 2.11 bits per heavy atom. The van der Waals surface area contributed by atoms with Gasteiger partial charge in [-0.05, 0) is 12.8 Å². The van der Waals surface area contributed by atoms with Gasteiger partial charge in [0.15, 0.2) is 11.5 Å². The predicted molar refractivity (Wildman–Crippen MR) is 75.4 cm³/mol. The standard InChI is InChI=1S/C14H20ClNO3/c1-17-10-8-9(15)11(13(19-3)12(10)18-2)14(16)6-4-5-7-14/h8H,4-7,16H2,1-3H3. The van der Waals surface area contributed by atoms with Gasteiger partial charge in [0.25, 0.3) is 0 Å². The van der Waals surface area contributed by atoms with Crippen molar-refractivity contribution in [2.75, 3.05) is 21.3 Å². The Morgan fingerprint density at radius 2 is 1.63 bits per heavy atom. The summed E-state index contributed by atoms with van der Waals surface area (Å²) in [6.07, 6.45) is 4.01. The minimum absolute atomic E-state index is 0.442. The smallest absolute Gasteiger partial charge is 0.203 e. The van der Waals surface area contributed by atoms with Gasteiger partial charge in [-0.1, -0.05) is 24.4 Å². The predicted octanol–water partition coefficient (Wildman–Crippen LogP) is 3.09. The summed E-state index contributed by atoms with van der Waals surface area (Å²) in [5.41, 5.74) is 6.90. The Hall–Kier alpha value is -1.13. The quantitative estimate of drug-likeness (QED) is 0.923. The summed E-state index contributed by atoms with van der Waals surface area (Å²) in [5, 5.41) is 0.568. The molecule has 0 saturated heterocycles. The van der Waals surface area contributed by atoms with E-state index in [4.69, 9.17) is 31.5 Å². The van der Waals surface area contributed by atoms with E-state index in [0.717, 1.165) is 31.2 Å². The fourth-order valence-corrected chi connectivity index (χ4v) is 3.22. The molecule has 2 rings (SSSR count). The molecule has 0 spiro atoms. The molecule has 0 aliphatic heterocycles. The van der Waals surface area contributed by atoms with Crippen LogP contribution in [0.15, 0.2) is 6.07 Å². The van der Waals surface area contributed by atoms with Crippen molar-refractivity contribution in [2.24, 2.45) is 5.73 Å². The summed E-state index contributed by atoms with van der Waals surface area (Å²) >= 11 is 6.40. The Morgan fingerprint density at radius 1 is 1.05 bits per heavy atom. The first-order chi connectivity index (χ1) is 9.07. The zero-order chi connectivity index (χ0) is 14.0. The lowest BCUT2D eigenvalue weighted by Crippen LogP contribution is -2.34. The molecule has 0 aromatic heterocycles. The maximum atomic E-state index is 6.51. The zero-order valence-electron chi connectivity index (χ0n) is 11.6. The van der Waals surface area contributed by atoms with Crippen LogP contribution < -0.4 is 19.9 Å². The summed E-state index contributed by atoms with van der Waals surface area (Å²) < 4.78 is 16.2. The van der Waals surface area contributed by atoms with Gasteiger partial charge in [-0.15, -0.1) is 0 Å². The fourth-order valence-electron chi connectivity index (χ4n) is 2.85. The van der Waals surface area contributed by atoms with Crippen molar-refractivity contribution in [3.05, 3.63) is 16.7 Å². The van der Waals surface area contributed by atoms with Crippen LogP contribution in [0.25, 0.3) is 0 Å². The van der Waals surface area contributed by atoms with Crippen LogP contribution >= 0.6 is 11.6 Å². The lowest BCUT2D eigenvalue weighted by Gasteiger charge is -2.29. The summed E-state index contributed by atoms with van der Waals surface area (Å²) in [6.45, 7) is 0. The molecule has 0 amide bonds. The molecule has 19 heavy (non-hydrogen) atoms. The number of methoxy groups -OCH3 is 3. The van der Waals surface area contributed by atoms with Gasteiger partial charge in [-0.3, -0.25) is 0 Å². The van der Waals surface area contributed by atoms with Crippen molar-refractivity contribution in [1.82, 2.24) is 0 Å². The molecule has 1 aliphatic carbocycles. The van der Waals surface area contributed by atoms with Gasteiger partial charge in [-0.25, -0.2) is 0 Å². The summed E-state index contributed by atoms with van der Waals surface area (Å²) in [6, 6.07) is 1.74. The minimum Gasteiger partial charge on any atom is -0.493 e. The first kappa shape index (κ1) is 14.3. The summed E-state index contributed by atoms with van der Waals surface area (Å²) in [5.74, 6) is 1.67. The highest BCUT2D eigenvalue weighted by molar-refractivity contribution is 6.32. The molecule has 0 unspecified atom stereocenters. The lowest BCUT2D eigenvalue weighted by molar-refractivity contribution is 0.313. The zero-order valence-corrected chi connectivity index (χ0v) is 12.3. The second kappa shape index (κ2) is 5.47. The SMILES string of the molecule is COc1cc(Cl)c(C2(N)CCCC2)c(OC)c1OC. The first-order valence-electron chi connectivity index (χ1n) is 6.35. The van der Waals surface area contributed by atoms with Crippen LogP contribution in [-0.2, 0) is 5.54 Å². The van der Waals surface area contributed by atoms with Gasteiger partial charge in [0.2, 0.25) is 5.75 Å². The van der Waals surface area contributed by atoms with Crippen LogP contribution in [0, 0.1) is 0 Å². The van der Waals surface area contributed by atoms with Crippen molar-refractivity contribution < 1.29 is 14.2 Å². The highest BCUT2D eigenvalue weighted by Gasteiger charge is 2.38. The number of ether oxygens (including phenoxy) is 3. The first-order valence-corrected chi connectivity index (χ1v) is 6.73. The molecule has 106 valence electrons. The minimum atomic E-state index is -0.442. The number of hydrogen-bond acceptors (Lipinski definition) is 4. The van der Waals surface area contributed by atoms with E-state index in [-0.39, 0.29) is 0 Å². The van der Waals surface area contributed by atoms with Crippen molar-refractivity contribution in [3.8, 4) is 17.2 Å². The maximum Gasteiger partial charge on any atom is 0.203 e. The van der Waals surface area contributed by atoms with Crippen LogP contribution in [0.2, 0.25) is 5.02 Å². The molecule has 1 saturated carbocycles. The van der Waals surface area contributed by atoms with Crippen LogP contribution in [0.5, 0.6) is 17.2 Å². The van der Waals surface area contributed by atoms with Gasteiger partial charge in [0, 0.05) is 17.2 Å². The second-order valence-electron chi connectivity index (χ2n) is 4.87. The third-order valence-corrected chi connectivity index (χ3v) is 4.07. The van der Waals surface area contributed by atoms with Gasteiger partial charge < -0.3 is 19.9 Å². The third kappa shape index (κ3) is 2.35. The molecule has 5 heteroatoms. The van der Waals surface area contributed by atoms with Gasteiger partial charge >= 0.3 is 0 Å². The van der Waals surface area contributed by atoms with E-state index in [2.05, 4.69) is 0 Å². The monoisotopic (exact) mass is 285 g/mol. The number of rotatable bonds is 4. The largest absolute Gasteiger partial charge is 0.493 e. The van der Waals surface area contributed by atoms with Crippen LogP contribution in [-0.4, -0.2) is 21.3 Å². The molecule has 4 nitrogen and oxygen atoms in total. The Kier molecular flexibility index (Phi) is 4.11. The number of benzene rings is 1. The molecule has 1 fully saturated rings. The van der Waals surface area contributed by atoms with E-state index < -0.39 is 5.54 Å². The van der Waals surface area contributed by atoms with E-state index in [1.807, 2.05) is 0 Å². The summed E-state index contributed by atoms with van der Waals surface area (Å²) in [7, 11) is 4.74.